The van der Waals surface area contributed by atoms with Crippen LogP contribution < -0.4 is 4.74 Å². The first-order valence-corrected chi connectivity index (χ1v) is 8.85. The minimum Gasteiger partial charge on any atom is -0.489 e. The van der Waals surface area contributed by atoms with Gasteiger partial charge in [0.15, 0.2) is 0 Å². The van der Waals surface area contributed by atoms with Crippen molar-refractivity contribution in [2.75, 3.05) is 7.11 Å². The number of fused-ring (bicyclic) bond motifs is 1. The number of benzene rings is 2. The Balaban J connectivity index is 1.88. The molecule has 1 aromatic heterocycles. The van der Waals surface area contributed by atoms with Crippen LogP contribution in [0.4, 0.5) is 4.39 Å². The Morgan fingerprint density at radius 2 is 2.12 bits per heavy atom. The van der Waals surface area contributed by atoms with Gasteiger partial charge in [0, 0.05) is 15.6 Å². The minimum absolute atomic E-state index is 0.108. The number of halogens is 2. The number of nitrogens with zero attached hydrogens (tertiary/aromatic N) is 1. The summed E-state index contributed by atoms with van der Waals surface area (Å²) in [5.74, 6) is -0.274. The molecule has 132 valence electrons. The van der Waals surface area contributed by atoms with Crippen LogP contribution in [0.3, 0.4) is 0 Å². The van der Waals surface area contributed by atoms with Crippen LogP contribution in [0.15, 0.2) is 35.7 Å². The van der Waals surface area contributed by atoms with Gasteiger partial charge in [-0.25, -0.2) is 4.39 Å². The summed E-state index contributed by atoms with van der Waals surface area (Å²) >= 11 is 7.42. The molecule has 7 heteroatoms. The summed E-state index contributed by atoms with van der Waals surface area (Å²) in [5, 5.41) is 12.3. The summed E-state index contributed by atoms with van der Waals surface area (Å²) in [6, 6.07) is 9.66. The van der Waals surface area contributed by atoms with E-state index in [1.54, 1.807) is 18.2 Å². The Morgan fingerprint density at radius 3 is 2.81 bits per heavy atom. The van der Waals surface area contributed by atoms with Crippen molar-refractivity contribution < 1.29 is 18.7 Å². The third-order valence-corrected chi connectivity index (χ3v) is 5.15. The number of thiophene rings is 1. The summed E-state index contributed by atoms with van der Waals surface area (Å²) in [7, 11) is 1.33. The molecule has 0 aliphatic carbocycles. The summed E-state index contributed by atoms with van der Waals surface area (Å²) < 4.78 is 24.4. The molecule has 0 aliphatic rings. The fourth-order valence-corrected chi connectivity index (χ4v) is 3.77. The molecule has 1 heterocycles. The van der Waals surface area contributed by atoms with Crippen molar-refractivity contribution in [1.82, 2.24) is 0 Å². The number of methoxy groups -OCH3 is 1. The molecule has 0 radical (unpaired) electrons. The standard InChI is InChI=1S/C19H13ClFNO3S/c1-24-18(23)5-13-10-26-17-7-15(4-12(8-22)19(13)17)25-9-11-2-3-14(21)6-16(11)20/h2-4,6-7,10H,5,9H2,1H3. The summed E-state index contributed by atoms with van der Waals surface area (Å²) in [4.78, 5) is 11.5. The molecule has 0 aliphatic heterocycles. The average Bonchev–Trinajstić information content (AvgIpc) is 3.03. The lowest BCUT2D eigenvalue weighted by molar-refractivity contribution is -0.139. The maximum atomic E-state index is 13.1. The molecule has 0 saturated heterocycles. The first-order valence-electron chi connectivity index (χ1n) is 7.59. The smallest absolute Gasteiger partial charge is 0.310 e. The Hall–Kier alpha value is -2.62. The topological polar surface area (TPSA) is 59.3 Å². The zero-order valence-corrected chi connectivity index (χ0v) is 15.3. The number of carbonyl (C=O) groups is 1. The van der Waals surface area contributed by atoms with Crippen molar-refractivity contribution in [3.63, 3.8) is 0 Å². The van der Waals surface area contributed by atoms with E-state index in [9.17, 15) is 14.4 Å². The predicted molar refractivity (Wildman–Crippen MR) is 98.0 cm³/mol. The summed E-state index contributed by atoms with van der Waals surface area (Å²) in [6.45, 7) is 0.149. The van der Waals surface area contributed by atoms with E-state index in [0.29, 0.717) is 16.9 Å². The van der Waals surface area contributed by atoms with Gasteiger partial charge in [0.25, 0.3) is 0 Å². The fourth-order valence-electron chi connectivity index (χ4n) is 2.54. The van der Waals surface area contributed by atoms with Crippen LogP contribution in [0, 0.1) is 17.1 Å². The second-order valence-electron chi connectivity index (χ2n) is 5.49. The van der Waals surface area contributed by atoms with Gasteiger partial charge in [-0.1, -0.05) is 17.7 Å². The van der Waals surface area contributed by atoms with E-state index in [0.717, 1.165) is 15.6 Å². The highest BCUT2D eigenvalue weighted by atomic mass is 35.5. The lowest BCUT2D eigenvalue weighted by atomic mass is 10.0. The first-order chi connectivity index (χ1) is 12.5. The van der Waals surface area contributed by atoms with Gasteiger partial charge in [-0.05, 0) is 35.2 Å². The number of rotatable bonds is 5. The van der Waals surface area contributed by atoms with Crippen LogP contribution >= 0.6 is 22.9 Å². The molecule has 3 rings (SSSR count). The SMILES string of the molecule is COC(=O)Cc1csc2cc(OCc3ccc(F)cc3Cl)cc(C#N)c12. The van der Waals surface area contributed by atoms with Crippen molar-refractivity contribution in [2.45, 2.75) is 13.0 Å². The highest BCUT2D eigenvalue weighted by molar-refractivity contribution is 7.17. The number of hydrogen-bond donors (Lipinski definition) is 0. The van der Waals surface area contributed by atoms with Crippen LogP contribution in [0.2, 0.25) is 5.02 Å². The van der Waals surface area contributed by atoms with Crippen molar-refractivity contribution in [3.05, 3.63) is 63.2 Å². The van der Waals surface area contributed by atoms with Crippen molar-refractivity contribution in [1.29, 1.82) is 5.26 Å². The number of esters is 1. The summed E-state index contributed by atoms with van der Waals surface area (Å²) in [6.07, 6.45) is 0.108. The maximum Gasteiger partial charge on any atom is 0.310 e. The van der Waals surface area contributed by atoms with Crippen LogP contribution in [0.25, 0.3) is 10.1 Å². The molecular weight excluding hydrogens is 377 g/mol. The van der Waals surface area contributed by atoms with E-state index in [2.05, 4.69) is 6.07 Å². The molecule has 4 nitrogen and oxygen atoms in total. The molecule has 0 fully saturated rings. The van der Waals surface area contributed by atoms with Gasteiger partial charge in [0.2, 0.25) is 0 Å². The second kappa shape index (κ2) is 7.73. The molecule has 2 aromatic carbocycles. The molecule has 3 aromatic rings. The molecule has 26 heavy (non-hydrogen) atoms. The molecule has 0 saturated carbocycles. The van der Waals surface area contributed by atoms with Gasteiger partial charge < -0.3 is 9.47 Å². The van der Waals surface area contributed by atoms with Gasteiger partial charge >= 0.3 is 5.97 Å². The van der Waals surface area contributed by atoms with E-state index in [-0.39, 0.29) is 24.0 Å². The zero-order valence-electron chi connectivity index (χ0n) is 13.7. The number of ether oxygens (including phenoxy) is 2. The largest absolute Gasteiger partial charge is 0.489 e. The van der Waals surface area contributed by atoms with Gasteiger partial charge in [-0.3, -0.25) is 4.79 Å². The van der Waals surface area contributed by atoms with E-state index >= 15 is 0 Å². The van der Waals surface area contributed by atoms with E-state index in [1.165, 1.54) is 30.6 Å². The van der Waals surface area contributed by atoms with Crippen molar-refractivity contribution in [3.8, 4) is 11.8 Å². The highest BCUT2D eigenvalue weighted by Gasteiger charge is 2.15. The average molecular weight is 390 g/mol. The van der Waals surface area contributed by atoms with E-state index in [1.807, 2.05) is 5.38 Å². The van der Waals surface area contributed by atoms with Crippen LogP contribution in [-0.2, 0) is 22.6 Å². The van der Waals surface area contributed by atoms with E-state index < -0.39 is 5.82 Å². The van der Waals surface area contributed by atoms with Gasteiger partial charge in [0.05, 0.1) is 30.2 Å². The number of hydrogen-bond acceptors (Lipinski definition) is 5. The van der Waals surface area contributed by atoms with Crippen molar-refractivity contribution in [2.24, 2.45) is 0 Å². The third kappa shape index (κ3) is 3.79. The Morgan fingerprint density at radius 1 is 1.31 bits per heavy atom. The molecule has 0 bridgehead atoms. The highest BCUT2D eigenvalue weighted by Crippen LogP contribution is 2.34. The molecule has 0 spiro atoms. The zero-order chi connectivity index (χ0) is 18.7. The lowest BCUT2D eigenvalue weighted by Crippen LogP contribution is -2.04. The third-order valence-electron chi connectivity index (χ3n) is 3.82. The molecule has 0 amide bonds. The normalized spacial score (nSPS) is 10.5. The van der Waals surface area contributed by atoms with E-state index in [4.69, 9.17) is 21.1 Å². The molecular formula is C19H13ClFNO3S. The van der Waals surface area contributed by atoms with Crippen molar-refractivity contribution >= 4 is 39.0 Å². The second-order valence-corrected chi connectivity index (χ2v) is 6.81. The van der Waals surface area contributed by atoms with Gasteiger partial charge in [-0.15, -0.1) is 11.3 Å². The molecule has 0 atom stereocenters. The first kappa shape index (κ1) is 18.2. The Kier molecular flexibility index (Phi) is 5.40. The Labute approximate surface area is 158 Å². The van der Waals surface area contributed by atoms with Crippen LogP contribution in [0.1, 0.15) is 16.7 Å². The predicted octanol–water partition coefficient (Wildman–Crippen LogP) is 4.86. The van der Waals surface area contributed by atoms with Gasteiger partial charge in [0.1, 0.15) is 18.2 Å². The minimum atomic E-state index is -0.413. The molecule has 0 N–H and O–H groups in total. The molecule has 0 unspecified atom stereocenters. The summed E-state index contributed by atoms with van der Waals surface area (Å²) in [5.41, 5.74) is 1.81. The van der Waals surface area contributed by atoms with Crippen LogP contribution in [-0.4, -0.2) is 13.1 Å². The number of carbonyl (C=O) groups excluding carboxylic acids is 1. The lowest BCUT2D eigenvalue weighted by Gasteiger charge is -2.09. The fraction of sp³-hybridized carbons (Fsp3) is 0.158. The Bertz CT molecular complexity index is 1030. The van der Waals surface area contributed by atoms with Gasteiger partial charge in [-0.2, -0.15) is 5.26 Å². The quantitative estimate of drug-likeness (QED) is 0.585. The number of nitriles is 1. The maximum absolute atomic E-state index is 13.1. The van der Waals surface area contributed by atoms with Crippen LogP contribution in [0.5, 0.6) is 5.75 Å². The monoisotopic (exact) mass is 389 g/mol.